The van der Waals surface area contributed by atoms with Crippen molar-refractivity contribution >= 4 is 27.1 Å². The van der Waals surface area contributed by atoms with E-state index in [1.165, 1.54) is 11.3 Å². The summed E-state index contributed by atoms with van der Waals surface area (Å²) in [6, 6.07) is 0. The Hall–Kier alpha value is -1.13. The number of aliphatic hydroxyl groups excluding tert-OH is 1. The van der Waals surface area contributed by atoms with Gasteiger partial charge in [-0.25, -0.2) is 0 Å². The normalized spacial score (nSPS) is 13.4. The number of nitrogens with zero attached hydrogens (tertiary/aromatic N) is 1. The minimum Gasteiger partial charge on any atom is -0.397 e. The second-order valence-electron chi connectivity index (χ2n) is 3.39. The second kappa shape index (κ2) is 3.22. The number of aryl methyl sites for hydroxylation is 1. The van der Waals surface area contributed by atoms with Gasteiger partial charge in [-0.2, -0.15) is 0 Å². The average Bonchev–Trinajstić information content (AvgIpc) is 2.45. The van der Waals surface area contributed by atoms with Crippen LogP contribution >= 0.6 is 11.3 Å². The first-order valence-corrected chi connectivity index (χ1v) is 5.23. The minimum atomic E-state index is -0.508. The topological polar surface area (TPSA) is 59.1 Å². The minimum absolute atomic E-state index is 0.508. The lowest BCUT2D eigenvalue weighted by Gasteiger charge is -2.01. The Morgan fingerprint density at radius 1 is 1.50 bits per heavy atom. The first kappa shape index (κ1) is 9.43. The molecule has 0 saturated carbocycles. The van der Waals surface area contributed by atoms with Crippen LogP contribution in [0.5, 0.6) is 0 Å². The molecule has 3 nitrogen and oxygen atoms in total. The van der Waals surface area contributed by atoms with Crippen molar-refractivity contribution in [2.75, 3.05) is 5.73 Å². The number of rotatable bonds is 1. The first-order valence-electron chi connectivity index (χ1n) is 4.41. The van der Waals surface area contributed by atoms with E-state index in [2.05, 4.69) is 4.98 Å². The monoisotopic (exact) mass is 208 g/mol. The smallest absolute Gasteiger partial charge is 0.0875 e. The van der Waals surface area contributed by atoms with Gasteiger partial charge in [-0.3, -0.25) is 4.98 Å². The van der Waals surface area contributed by atoms with Crippen LogP contribution < -0.4 is 5.73 Å². The van der Waals surface area contributed by atoms with E-state index in [1.807, 2.05) is 6.92 Å². The first-order chi connectivity index (χ1) is 6.61. The van der Waals surface area contributed by atoms with Crippen molar-refractivity contribution in [3.63, 3.8) is 0 Å². The van der Waals surface area contributed by atoms with Crippen molar-refractivity contribution in [1.29, 1.82) is 0 Å². The van der Waals surface area contributed by atoms with Crippen molar-refractivity contribution < 1.29 is 5.11 Å². The number of pyridine rings is 1. The van der Waals surface area contributed by atoms with E-state index in [1.54, 1.807) is 19.3 Å². The van der Waals surface area contributed by atoms with Gasteiger partial charge in [-0.15, -0.1) is 11.3 Å². The molecule has 4 heteroatoms. The highest BCUT2D eigenvalue weighted by Gasteiger charge is 2.14. The number of nitrogen functional groups attached to an aromatic ring is 1. The van der Waals surface area contributed by atoms with E-state index in [0.29, 0.717) is 5.69 Å². The fraction of sp³-hybridized carbons (Fsp3) is 0.300. The molecule has 0 saturated heterocycles. The van der Waals surface area contributed by atoms with Crippen LogP contribution in [0, 0.1) is 6.92 Å². The lowest BCUT2D eigenvalue weighted by molar-refractivity contribution is 0.204. The van der Waals surface area contributed by atoms with Gasteiger partial charge in [0.25, 0.3) is 0 Å². The molecular weight excluding hydrogens is 196 g/mol. The zero-order valence-corrected chi connectivity index (χ0v) is 8.93. The van der Waals surface area contributed by atoms with E-state index in [4.69, 9.17) is 5.73 Å². The quantitative estimate of drug-likeness (QED) is 0.755. The molecule has 2 rings (SSSR count). The summed E-state index contributed by atoms with van der Waals surface area (Å²) < 4.78 is 1.04. The maximum Gasteiger partial charge on any atom is 0.0875 e. The molecule has 0 aliphatic rings. The van der Waals surface area contributed by atoms with Crippen LogP contribution in [0.3, 0.4) is 0 Å². The van der Waals surface area contributed by atoms with E-state index in [9.17, 15) is 5.11 Å². The van der Waals surface area contributed by atoms with Crippen molar-refractivity contribution in [3.05, 3.63) is 22.8 Å². The van der Waals surface area contributed by atoms with Gasteiger partial charge in [0.05, 0.1) is 21.4 Å². The molecule has 1 atom stereocenters. The van der Waals surface area contributed by atoms with E-state index >= 15 is 0 Å². The molecule has 0 radical (unpaired) electrons. The SMILES string of the molecule is Cc1cncc2sc(C(C)O)c(N)c12. The Morgan fingerprint density at radius 2 is 2.21 bits per heavy atom. The Bertz CT molecular complexity index is 476. The van der Waals surface area contributed by atoms with Crippen LogP contribution in [-0.2, 0) is 0 Å². The summed E-state index contributed by atoms with van der Waals surface area (Å²) >= 11 is 1.51. The predicted octanol–water partition coefficient (Wildman–Crippen LogP) is 2.24. The highest BCUT2D eigenvalue weighted by Crippen LogP contribution is 2.38. The summed E-state index contributed by atoms with van der Waals surface area (Å²) in [6.07, 6.45) is 3.07. The standard InChI is InChI=1S/C10H12N2OS/c1-5-3-12-4-7-8(5)9(11)10(14-7)6(2)13/h3-4,6,13H,11H2,1-2H3. The molecule has 0 amide bonds. The molecule has 1 unspecified atom stereocenters. The number of thiophene rings is 1. The number of aliphatic hydroxyl groups is 1. The molecule has 0 spiro atoms. The molecule has 0 fully saturated rings. The summed E-state index contributed by atoms with van der Waals surface area (Å²) in [4.78, 5) is 4.93. The van der Waals surface area contributed by atoms with Crippen LogP contribution in [-0.4, -0.2) is 10.1 Å². The number of anilines is 1. The molecule has 14 heavy (non-hydrogen) atoms. The molecule has 0 aromatic carbocycles. The Labute approximate surface area is 86.2 Å². The third-order valence-corrected chi connectivity index (χ3v) is 3.55. The summed E-state index contributed by atoms with van der Waals surface area (Å²) in [5.41, 5.74) is 7.72. The predicted molar refractivity (Wildman–Crippen MR) is 59.4 cm³/mol. The summed E-state index contributed by atoms with van der Waals surface area (Å²) in [6.45, 7) is 3.70. The lowest BCUT2D eigenvalue weighted by Crippen LogP contribution is -1.93. The lowest BCUT2D eigenvalue weighted by atomic mass is 10.1. The maximum absolute atomic E-state index is 9.51. The van der Waals surface area contributed by atoms with Crippen LogP contribution in [0.2, 0.25) is 0 Å². The van der Waals surface area contributed by atoms with Crippen LogP contribution in [0.15, 0.2) is 12.4 Å². The van der Waals surface area contributed by atoms with E-state index < -0.39 is 6.10 Å². The van der Waals surface area contributed by atoms with Gasteiger partial charge < -0.3 is 10.8 Å². The Morgan fingerprint density at radius 3 is 2.79 bits per heavy atom. The highest BCUT2D eigenvalue weighted by atomic mass is 32.1. The van der Waals surface area contributed by atoms with E-state index in [-0.39, 0.29) is 0 Å². The van der Waals surface area contributed by atoms with Crippen molar-refractivity contribution in [2.45, 2.75) is 20.0 Å². The van der Waals surface area contributed by atoms with Crippen LogP contribution in [0.1, 0.15) is 23.5 Å². The zero-order chi connectivity index (χ0) is 10.3. The fourth-order valence-electron chi connectivity index (χ4n) is 1.57. The van der Waals surface area contributed by atoms with Gasteiger partial charge in [-0.05, 0) is 19.4 Å². The number of nitrogens with two attached hydrogens (primary N) is 1. The third kappa shape index (κ3) is 1.27. The average molecular weight is 208 g/mol. The van der Waals surface area contributed by atoms with E-state index in [0.717, 1.165) is 20.5 Å². The molecule has 3 N–H and O–H groups in total. The zero-order valence-electron chi connectivity index (χ0n) is 8.11. The highest BCUT2D eigenvalue weighted by molar-refractivity contribution is 7.19. The van der Waals surface area contributed by atoms with Gasteiger partial charge in [0.15, 0.2) is 0 Å². The van der Waals surface area contributed by atoms with Crippen LogP contribution in [0.25, 0.3) is 10.1 Å². The van der Waals surface area contributed by atoms with Crippen LogP contribution in [0.4, 0.5) is 5.69 Å². The molecule has 74 valence electrons. The summed E-state index contributed by atoms with van der Waals surface area (Å²) in [5.74, 6) is 0. The summed E-state index contributed by atoms with van der Waals surface area (Å²) in [7, 11) is 0. The molecule has 2 aromatic rings. The molecule has 0 aliphatic heterocycles. The number of aromatic nitrogens is 1. The van der Waals surface area contributed by atoms with Crippen molar-refractivity contribution in [2.24, 2.45) is 0 Å². The van der Waals surface area contributed by atoms with Gasteiger partial charge in [-0.1, -0.05) is 0 Å². The molecule has 2 heterocycles. The summed E-state index contributed by atoms with van der Waals surface area (Å²) in [5, 5.41) is 10.5. The molecule has 0 bridgehead atoms. The number of hydrogen-bond donors (Lipinski definition) is 2. The van der Waals surface area contributed by atoms with Gasteiger partial charge >= 0.3 is 0 Å². The molecular formula is C10H12N2OS. The Balaban J connectivity index is 2.81. The van der Waals surface area contributed by atoms with Gasteiger partial charge in [0.2, 0.25) is 0 Å². The van der Waals surface area contributed by atoms with Crippen molar-refractivity contribution in [3.8, 4) is 0 Å². The maximum atomic E-state index is 9.51. The third-order valence-electron chi connectivity index (χ3n) is 2.23. The van der Waals surface area contributed by atoms with Gasteiger partial charge in [0.1, 0.15) is 0 Å². The number of fused-ring (bicyclic) bond motifs is 1. The molecule has 2 aromatic heterocycles. The largest absolute Gasteiger partial charge is 0.397 e. The number of hydrogen-bond acceptors (Lipinski definition) is 4. The van der Waals surface area contributed by atoms with Crippen molar-refractivity contribution in [1.82, 2.24) is 4.98 Å². The van der Waals surface area contributed by atoms with Gasteiger partial charge in [0, 0.05) is 17.8 Å². The molecule has 0 aliphatic carbocycles. The Kier molecular flexibility index (Phi) is 2.17. The fourth-order valence-corrected chi connectivity index (χ4v) is 2.68. The second-order valence-corrected chi connectivity index (χ2v) is 4.47.